The Labute approximate surface area is 284 Å². The van der Waals surface area contributed by atoms with Crippen molar-refractivity contribution in [2.45, 2.75) is 41.5 Å². The number of benzene rings is 9. The van der Waals surface area contributed by atoms with Gasteiger partial charge in [-0.2, -0.15) is 0 Å². The Hall–Kier alpha value is -5.46. The standard InChI is InChI=1S/3C16H14/c1-11-5-3-7-15-13(11)9-10-14-12(2)6-4-8-16(14)15;1-11-6-5-9-15-14-8-4-3-7-13(14)12(2)10-16(11)15;1-11-7-9-16-14(12(11)2)10-8-13-5-3-4-6-15(13)16/h3*3-10H,1-2H3. The van der Waals surface area contributed by atoms with Gasteiger partial charge in [0.15, 0.2) is 0 Å². The summed E-state index contributed by atoms with van der Waals surface area (Å²) in [5.41, 5.74) is 8.16. The molecule has 9 rings (SSSR count). The van der Waals surface area contributed by atoms with E-state index in [-0.39, 0.29) is 0 Å². The van der Waals surface area contributed by atoms with Crippen LogP contribution >= 0.6 is 0 Å². The summed E-state index contributed by atoms with van der Waals surface area (Å²) in [5.74, 6) is 0. The molecule has 9 aromatic rings. The summed E-state index contributed by atoms with van der Waals surface area (Å²) in [6.07, 6.45) is 0. The molecule has 0 amide bonds. The Kier molecular flexibility index (Phi) is 8.42. The Balaban J connectivity index is 0.000000114. The van der Waals surface area contributed by atoms with Crippen LogP contribution in [0.1, 0.15) is 33.4 Å². The smallest absolute Gasteiger partial charge is 0.0103 e. The fraction of sp³-hybridized carbons (Fsp3) is 0.125. The quantitative estimate of drug-likeness (QED) is 0.148. The van der Waals surface area contributed by atoms with Crippen LogP contribution in [0, 0.1) is 41.5 Å². The lowest BCUT2D eigenvalue weighted by molar-refractivity contribution is 1.38. The zero-order valence-corrected chi connectivity index (χ0v) is 28.9. The Morgan fingerprint density at radius 2 is 0.625 bits per heavy atom. The van der Waals surface area contributed by atoms with Crippen LogP contribution < -0.4 is 0 Å². The van der Waals surface area contributed by atoms with Crippen molar-refractivity contribution in [2.24, 2.45) is 0 Å². The van der Waals surface area contributed by atoms with E-state index < -0.39 is 0 Å². The van der Waals surface area contributed by atoms with Crippen LogP contribution in [0.2, 0.25) is 0 Å². The molecular formula is C48H42. The SMILES string of the molecule is Cc1cc2c(C)cccc2c2ccccc12.Cc1ccc2c(ccc3ccccc32)c1C.Cc1cccc2c1ccc1c(C)cccc12. The molecule has 0 bridgehead atoms. The monoisotopic (exact) mass is 618 g/mol. The minimum Gasteiger partial charge on any atom is -0.0616 e. The van der Waals surface area contributed by atoms with Gasteiger partial charge in [0, 0.05) is 0 Å². The van der Waals surface area contributed by atoms with E-state index in [0.29, 0.717) is 0 Å². The zero-order chi connectivity index (χ0) is 33.4. The molecule has 48 heavy (non-hydrogen) atoms. The van der Waals surface area contributed by atoms with E-state index in [4.69, 9.17) is 0 Å². The second kappa shape index (κ2) is 13.0. The van der Waals surface area contributed by atoms with Gasteiger partial charge in [-0.3, -0.25) is 0 Å². The number of fused-ring (bicyclic) bond motifs is 9. The van der Waals surface area contributed by atoms with Gasteiger partial charge in [0.1, 0.15) is 0 Å². The molecule has 0 nitrogen and oxygen atoms in total. The highest BCUT2D eigenvalue weighted by Crippen LogP contribution is 2.31. The van der Waals surface area contributed by atoms with Gasteiger partial charge in [0.25, 0.3) is 0 Å². The average molecular weight is 619 g/mol. The van der Waals surface area contributed by atoms with E-state index in [0.717, 1.165) is 0 Å². The molecule has 0 saturated carbocycles. The molecule has 0 aromatic heterocycles. The van der Waals surface area contributed by atoms with Crippen molar-refractivity contribution in [3.63, 3.8) is 0 Å². The molecular weight excluding hydrogens is 577 g/mol. The van der Waals surface area contributed by atoms with Gasteiger partial charge in [-0.05, 0) is 140 Å². The Bertz CT molecular complexity index is 2520. The number of aryl methyl sites for hydroxylation is 6. The van der Waals surface area contributed by atoms with E-state index in [2.05, 4.69) is 187 Å². The van der Waals surface area contributed by atoms with Crippen molar-refractivity contribution in [2.75, 3.05) is 0 Å². The van der Waals surface area contributed by atoms with Crippen molar-refractivity contribution in [1.29, 1.82) is 0 Å². The van der Waals surface area contributed by atoms with Crippen molar-refractivity contribution >= 4 is 64.6 Å². The van der Waals surface area contributed by atoms with Crippen molar-refractivity contribution in [3.05, 3.63) is 179 Å². The summed E-state index contributed by atoms with van der Waals surface area (Å²) in [6.45, 7) is 13.1. The molecule has 0 spiro atoms. The highest BCUT2D eigenvalue weighted by molar-refractivity contribution is 6.11. The van der Waals surface area contributed by atoms with Gasteiger partial charge in [0.2, 0.25) is 0 Å². The highest BCUT2D eigenvalue weighted by atomic mass is 14.1. The lowest BCUT2D eigenvalue weighted by Gasteiger charge is -2.09. The van der Waals surface area contributed by atoms with Gasteiger partial charge >= 0.3 is 0 Å². The first-order valence-electron chi connectivity index (χ1n) is 16.9. The lowest BCUT2D eigenvalue weighted by Crippen LogP contribution is -1.84. The van der Waals surface area contributed by atoms with Crippen LogP contribution in [-0.2, 0) is 0 Å². The molecule has 9 aromatic carbocycles. The average Bonchev–Trinajstić information content (AvgIpc) is 3.11. The van der Waals surface area contributed by atoms with Crippen LogP contribution in [0.25, 0.3) is 64.6 Å². The minimum atomic E-state index is 1.32. The van der Waals surface area contributed by atoms with Crippen molar-refractivity contribution in [1.82, 2.24) is 0 Å². The maximum absolute atomic E-state index is 2.30. The van der Waals surface area contributed by atoms with Gasteiger partial charge in [0.05, 0.1) is 0 Å². The maximum atomic E-state index is 2.30. The molecule has 0 heterocycles. The number of hydrogen-bond donors (Lipinski definition) is 0. The summed E-state index contributed by atoms with van der Waals surface area (Å²) in [5, 5.41) is 16.3. The molecule has 0 unspecified atom stereocenters. The van der Waals surface area contributed by atoms with Crippen LogP contribution in [-0.4, -0.2) is 0 Å². The third-order valence-electron chi connectivity index (χ3n) is 10.1. The van der Waals surface area contributed by atoms with E-state index >= 15 is 0 Å². The van der Waals surface area contributed by atoms with Gasteiger partial charge in [-0.15, -0.1) is 0 Å². The van der Waals surface area contributed by atoms with Crippen LogP contribution in [0.3, 0.4) is 0 Å². The number of hydrogen-bond acceptors (Lipinski definition) is 0. The highest BCUT2D eigenvalue weighted by Gasteiger charge is 2.06. The van der Waals surface area contributed by atoms with Crippen LogP contribution in [0.5, 0.6) is 0 Å². The summed E-state index contributed by atoms with van der Waals surface area (Å²) in [6, 6.07) is 52.4. The molecule has 0 aliphatic heterocycles. The zero-order valence-electron chi connectivity index (χ0n) is 28.9. The second-order valence-corrected chi connectivity index (χ2v) is 13.2. The second-order valence-electron chi connectivity index (χ2n) is 13.2. The topological polar surface area (TPSA) is 0 Å². The lowest BCUT2D eigenvalue weighted by atomic mass is 9.96. The normalized spacial score (nSPS) is 11.1. The van der Waals surface area contributed by atoms with Crippen LogP contribution in [0.15, 0.2) is 146 Å². The molecule has 0 aliphatic rings. The third kappa shape index (κ3) is 5.69. The molecule has 0 saturated heterocycles. The molecule has 0 atom stereocenters. The summed E-state index contributed by atoms with van der Waals surface area (Å²) >= 11 is 0. The molecule has 0 fully saturated rings. The van der Waals surface area contributed by atoms with Crippen molar-refractivity contribution < 1.29 is 0 Å². The summed E-state index contributed by atoms with van der Waals surface area (Å²) in [4.78, 5) is 0. The van der Waals surface area contributed by atoms with Crippen LogP contribution in [0.4, 0.5) is 0 Å². The van der Waals surface area contributed by atoms with Gasteiger partial charge in [-0.1, -0.05) is 146 Å². The predicted octanol–water partition coefficient (Wildman–Crippen LogP) is 13.8. The van der Waals surface area contributed by atoms with Crippen molar-refractivity contribution in [3.8, 4) is 0 Å². The van der Waals surface area contributed by atoms with E-state index in [1.165, 1.54) is 98.0 Å². The first kappa shape index (κ1) is 31.2. The first-order valence-corrected chi connectivity index (χ1v) is 16.9. The fourth-order valence-corrected chi connectivity index (χ4v) is 7.25. The van der Waals surface area contributed by atoms with Gasteiger partial charge in [-0.25, -0.2) is 0 Å². The Morgan fingerprint density at radius 1 is 0.229 bits per heavy atom. The summed E-state index contributed by atoms with van der Waals surface area (Å²) in [7, 11) is 0. The van der Waals surface area contributed by atoms with E-state index in [1.54, 1.807) is 0 Å². The number of rotatable bonds is 0. The molecule has 0 N–H and O–H groups in total. The summed E-state index contributed by atoms with van der Waals surface area (Å²) < 4.78 is 0. The van der Waals surface area contributed by atoms with Gasteiger partial charge < -0.3 is 0 Å². The third-order valence-corrected chi connectivity index (χ3v) is 10.1. The fourth-order valence-electron chi connectivity index (χ4n) is 7.25. The largest absolute Gasteiger partial charge is 0.0616 e. The molecule has 234 valence electrons. The molecule has 0 heteroatoms. The molecule has 0 radical (unpaired) electrons. The maximum Gasteiger partial charge on any atom is -0.0103 e. The van der Waals surface area contributed by atoms with E-state index in [1.807, 2.05) is 0 Å². The molecule has 0 aliphatic carbocycles. The first-order chi connectivity index (χ1) is 23.3. The minimum absolute atomic E-state index is 1.32. The Morgan fingerprint density at radius 3 is 1.23 bits per heavy atom. The van der Waals surface area contributed by atoms with E-state index in [9.17, 15) is 0 Å². The predicted molar refractivity (Wildman–Crippen MR) is 213 cm³/mol.